The average molecular weight is 314 g/mol. The third kappa shape index (κ3) is 2.63. The number of imidazole rings is 1. The van der Waals surface area contributed by atoms with Gasteiger partial charge in [0, 0.05) is 29.8 Å². The first kappa shape index (κ1) is 14.5. The topological polar surface area (TPSA) is 42.2 Å². The number of hydrogen-bond donors (Lipinski definition) is 1. The minimum Gasteiger partial charge on any atom is -0.339 e. The molecule has 0 radical (unpaired) electrons. The second-order valence-corrected chi connectivity index (χ2v) is 5.97. The molecule has 0 amide bonds. The van der Waals surface area contributed by atoms with Crippen LogP contribution in [0.5, 0.6) is 0 Å². The van der Waals surface area contributed by atoms with Gasteiger partial charge in [-0.1, -0.05) is 23.8 Å². The van der Waals surface area contributed by atoms with Crippen molar-refractivity contribution in [1.29, 1.82) is 0 Å². The Bertz CT molecular complexity index is 986. The van der Waals surface area contributed by atoms with Crippen LogP contribution in [0.4, 0.5) is 11.5 Å². The smallest absolute Gasteiger partial charge is 0.143 e. The number of nitrogens with zero attached hydrogens (tertiary/aromatic N) is 3. The molecule has 0 aliphatic carbocycles. The molecule has 4 rings (SSSR count). The zero-order valence-electron chi connectivity index (χ0n) is 13.7. The standard InChI is InChI=1S/C20H18N4/c1-14-3-6-17(7-4-14)22-20-19(16-9-11-21-12-10-16)23-18-8-5-15(2)13-24(18)20/h3-13,22H,1-2H3. The number of fused-ring (bicyclic) bond motifs is 1. The van der Waals surface area contributed by atoms with Crippen LogP contribution < -0.4 is 5.32 Å². The number of rotatable bonds is 3. The van der Waals surface area contributed by atoms with Gasteiger partial charge >= 0.3 is 0 Å². The first-order valence-electron chi connectivity index (χ1n) is 7.93. The summed E-state index contributed by atoms with van der Waals surface area (Å²) in [6.07, 6.45) is 5.68. The molecule has 0 aliphatic heterocycles. The summed E-state index contributed by atoms with van der Waals surface area (Å²) in [7, 11) is 0. The summed E-state index contributed by atoms with van der Waals surface area (Å²) in [6, 6.07) is 16.5. The van der Waals surface area contributed by atoms with Gasteiger partial charge in [0.2, 0.25) is 0 Å². The summed E-state index contributed by atoms with van der Waals surface area (Å²) in [5, 5.41) is 3.53. The van der Waals surface area contributed by atoms with Crippen molar-refractivity contribution in [2.45, 2.75) is 13.8 Å². The van der Waals surface area contributed by atoms with E-state index in [1.54, 1.807) is 12.4 Å². The van der Waals surface area contributed by atoms with Crippen molar-refractivity contribution in [3.8, 4) is 11.3 Å². The van der Waals surface area contributed by atoms with Crippen molar-refractivity contribution in [2.75, 3.05) is 5.32 Å². The van der Waals surface area contributed by atoms with E-state index in [-0.39, 0.29) is 0 Å². The number of nitrogens with one attached hydrogen (secondary N) is 1. The van der Waals surface area contributed by atoms with Crippen LogP contribution in [0.2, 0.25) is 0 Å². The van der Waals surface area contributed by atoms with Gasteiger partial charge < -0.3 is 5.32 Å². The summed E-state index contributed by atoms with van der Waals surface area (Å²) < 4.78 is 2.10. The van der Waals surface area contributed by atoms with Gasteiger partial charge in [0.25, 0.3) is 0 Å². The highest BCUT2D eigenvalue weighted by Gasteiger charge is 2.14. The maximum absolute atomic E-state index is 4.81. The largest absolute Gasteiger partial charge is 0.339 e. The first-order chi connectivity index (χ1) is 11.7. The molecule has 0 atom stereocenters. The number of anilines is 2. The van der Waals surface area contributed by atoms with Crippen LogP contribution in [0.15, 0.2) is 67.1 Å². The summed E-state index contributed by atoms with van der Waals surface area (Å²) in [5.41, 5.74) is 6.35. The minimum absolute atomic E-state index is 0.919. The predicted molar refractivity (Wildman–Crippen MR) is 97.6 cm³/mol. The molecule has 4 aromatic rings. The molecule has 0 spiro atoms. The lowest BCUT2D eigenvalue weighted by Gasteiger charge is -2.09. The lowest BCUT2D eigenvalue weighted by atomic mass is 10.2. The van der Waals surface area contributed by atoms with Crippen molar-refractivity contribution < 1.29 is 0 Å². The van der Waals surface area contributed by atoms with Crippen LogP contribution in [-0.4, -0.2) is 14.4 Å². The molecule has 0 aliphatic rings. The van der Waals surface area contributed by atoms with Crippen molar-refractivity contribution in [3.63, 3.8) is 0 Å². The Morgan fingerprint density at radius 3 is 2.29 bits per heavy atom. The van der Waals surface area contributed by atoms with Gasteiger partial charge in [0.05, 0.1) is 0 Å². The molecule has 0 fully saturated rings. The molecule has 118 valence electrons. The molecule has 3 heterocycles. The second kappa shape index (κ2) is 5.81. The van der Waals surface area contributed by atoms with E-state index in [0.29, 0.717) is 0 Å². The van der Waals surface area contributed by atoms with Crippen molar-refractivity contribution >= 4 is 17.2 Å². The Balaban J connectivity index is 1.90. The Morgan fingerprint density at radius 2 is 1.54 bits per heavy atom. The van der Waals surface area contributed by atoms with Crippen LogP contribution >= 0.6 is 0 Å². The number of hydrogen-bond acceptors (Lipinski definition) is 3. The second-order valence-electron chi connectivity index (χ2n) is 5.97. The monoisotopic (exact) mass is 314 g/mol. The van der Waals surface area contributed by atoms with E-state index in [1.165, 1.54) is 11.1 Å². The fourth-order valence-electron chi connectivity index (χ4n) is 2.76. The van der Waals surface area contributed by atoms with Gasteiger partial charge in [-0.15, -0.1) is 0 Å². The van der Waals surface area contributed by atoms with E-state index < -0.39 is 0 Å². The van der Waals surface area contributed by atoms with E-state index >= 15 is 0 Å². The quantitative estimate of drug-likeness (QED) is 0.593. The number of pyridine rings is 2. The highest BCUT2D eigenvalue weighted by Crippen LogP contribution is 2.31. The average Bonchev–Trinajstić information content (AvgIpc) is 2.95. The molecule has 4 heteroatoms. The van der Waals surface area contributed by atoms with Crippen LogP contribution in [0.1, 0.15) is 11.1 Å². The van der Waals surface area contributed by atoms with E-state index in [9.17, 15) is 0 Å². The molecule has 0 saturated heterocycles. The van der Waals surface area contributed by atoms with Crippen molar-refractivity contribution in [3.05, 3.63) is 78.2 Å². The fourth-order valence-corrected chi connectivity index (χ4v) is 2.76. The summed E-state index contributed by atoms with van der Waals surface area (Å²) in [4.78, 5) is 8.92. The summed E-state index contributed by atoms with van der Waals surface area (Å²) in [6.45, 7) is 4.17. The highest BCUT2D eigenvalue weighted by atomic mass is 15.1. The molecule has 0 saturated carbocycles. The zero-order chi connectivity index (χ0) is 16.5. The summed E-state index contributed by atoms with van der Waals surface area (Å²) in [5.74, 6) is 0.962. The van der Waals surface area contributed by atoms with E-state index in [1.807, 2.05) is 18.2 Å². The first-order valence-corrected chi connectivity index (χ1v) is 7.93. The third-order valence-electron chi connectivity index (χ3n) is 4.03. The SMILES string of the molecule is Cc1ccc(Nc2c(-c3ccncc3)nc3ccc(C)cn23)cc1. The van der Waals surface area contributed by atoms with Crippen LogP contribution in [0.25, 0.3) is 16.9 Å². The molecule has 0 unspecified atom stereocenters. The third-order valence-corrected chi connectivity index (χ3v) is 4.03. The van der Waals surface area contributed by atoms with Gasteiger partial charge in [-0.3, -0.25) is 9.38 Å². The molecular formula is C20H18N4. The molecule has 1 N–H and O–H groups in total. The molecule has 4 nitrogen and oxygen atoms in total. The van der Waals surface area contributed by atoms with Gasteiger partial charge in [-0.2, -0.15) is 0 Å². The summed E-state index contributed by atoms with van der Waals surface area (Å²) >= 11 is 0. The minimum atomic E-state index is 0.919. The number of aryl methyl sites for hydroxylation is 2. The lowest BCUT2D eigenvalue weighted by Crippen LogP contribution is -1.97. The highest BCUT2D eigenvalue weighted by molar-refractivity contribution is 5.79. The van der Waals surface area contributed by atoms with Crippen LogP contribution in [0, 0.1) is 13.8 Å². The molecule has 0 bridgehead atoms. The van der Waals surface area contributed by atoms with E-state index in [4.69, 9.17) is 4.98 Å². The predicted octanol–water partition coefficient (Wildman–Crippen LogP) is 4.76. The molecule has 1 aromatic carbocycles. The van der Waals surface area contributed by atoms with Gasteiger partial charge in [0.1, 0.15) is 17.2 Å². The van der Waals surface area contributed by atoms with Crippen molar-refractivity contribution in [1.82, 2.24) is 14.4 Å². The maximum Gasteiger partial charge on any atom is 0.143 e. The van der Waals surface area contributed by atoms with E-state index in [0.717, 1.165) is 28.4 Å². The fraction of sp³-hybridized carbons (Fsp3) is 0.100. The zero-order valence-corrected chi connectivity index (χ0v) is 13.7. The van der Waals surface area contributed by atoms with Crippen molar-refractivity contribution in [2.24, 2.45) is 0 Å². The van der Waals surface area contributed by atoms with Gasteiger partial charge in [-0.25, -0.2) is 4.98 Å². The van der Waals surface area contributed by atoms with Crippen LogP contribution in [0.3, 0.4) is 0 Å². The van der Waals surface area contributed by atoms with Gasteiger partial charge in [-0.05, 0) is 49.7 Å². The number of aromatic nitrogens is 3. The van der Waals surface area contributed by atoms with Gasteiger partial charge in [0.15, 0.2) is 0 Å². The lowest BCUT2D eigenvalue weighted by molar-refractivity contribution is 1.16. The molecular weight excluding hydrogens is 296 g/mol. The van der Waals surface area contributed by atoms with Crippen LogP contribution in [-0.2, 0) is 0 Å². The Hall–Kier alpha value is -3.14. The Labute approximate surface area is 140 Å². The van der Waals surface area contributed by atoms with E-state index in [2.05, 4.69) is 65.1 Å². The Kier molecular flexibility index (Phi) is 3.50. The Morgan fingerprint density at radius 1 is 0.833 bits per heavy atom. The maximum atomic E-state index is 4.81. The molecule has 24 heavy (non-hydrogen) atoms. The normalized spacial score (nSPS) is 10.9. The number of benzene rings is 1. The molecule has 3 aromatic heterocycles.